The standard InChI is InChI=1S/C45H76N2O7/c1-10-51-38(40(5,6)49)30-19-28(2)35-36(53-30)37(48)43(9)32-12-11-31-39(3,4)33(13-14-44(31)24-45(32,44)16-15-42(35,43)8)54-34-23-46(17-18-52-34)20-29-21-47(22-29)25-41(7)26-50-27-41/h28-38,48-49H,10-27H2,1-9H3/t28-,30?,31+,32?,33+,34+,35+,36?,37+,38+,42-,43-,44-,45+/m1/s1. The summed E-state index contributed by atoms with van der Waals surface area (Å²) in [5.74, 6) is 2.59. The predicted molar refractivity (Wildman–Crippen MR) is 208 cm³/mol. The van der Waals surface area contributed by atoms with Crippen LogP contribution in [0.25, 0.3) is 0 Å². The number of aliphatic hydroxyl groups is 2. The smallest absolute Gasteiger partial charge is 0.170 e. The molecule has 0 aromatic rings. The highest BCUT2D eigenvalue weighted by atomic mass is 16.7. The van der Waals surface area contributed by atoms with E-state index in [1.807, 2.05) is 20.8 Å². The maximum Gasteiger partial charge on any atom is 0.170 e. The van der Waals surface area contributed by atoms with Crippen LogP contribution in [0, 0.1) is 62.1 Å². The topological polar surface area (TPSA) is 93.1 Å². The van der Waals surface area contributed by atoms with E-state index in [4.69, 9.17) is 23.7 Å². The van der Waals surface area contributed by atoms with E-state index < -0.39 is 17.8 Å². The summed E-state index contributed by atoms with van der Waals surface area (Å²) in [7, 11) is 0. The third kappa shape index (κ3) is 5.61. The summed E-state index contributed by atoms with van der Waals surface area (Å²) in [6, 6.07) is 0. The summed E-state index contributed by atoms with van der Waals surface area (Å²) >= 11 is 0. The average molecular weight is 757 g/mol. The molecule has 5 aliphatic carbocycles. The zero-order valence-corrected chi connectivity index (χ0v) is 35.4. The summed E-state index contributed by atoms with van der Waals surface area (Å²) in [5, 5.41) is 23.8. The molecule has 2 spiro atoms. The Kier molecular flexibility index (Phi) is 9.47. The lowest BCUT2D eigenvalue weighted by molar-refractivity contribution is -0.250. The lowest BCUT2D eigenvalue weighted by Crippen LogP contribution is -2.60. The first kappa shape index (κ1) is 39.1. The highest BCUT2D eigenvalue weighted by Crippen LogP contribution is 2.89. The Bertz CT molecular complexity index is 1410. The van der Waals surface area contributed by atoms with Gasteiger partial charge in [-0.15, -0.1) is 0 Å². The zero-order valence-electron chi connectivity index (χ0n) is 35.4. The van der Waals surface area contributed by atoms with Crippen LogP contribution >= 0.6 is 0 Å². The maximum atomic E-state index is 12.7. The van der Waals surface area contributed by atoms with Crippen molar-refractivity contribution in [2.45, 2.75) is 156 Å². The second kappa shape index (κ2) is 13.1. The van der Waals surface area contributed by atoms with Gasteiger partial charge in [-0.3, -0.25) is 4.90 Å². The van der Waals surface area contributed by atoms with Gasteiger partial charge in [0, 0.05) is 56.7 Å². The van der Waals surface area contributed by atoms with Crippen LogP contribution < -0.4 is 0 Å². The van der Waals surface area contributed by atoms with Gasteiger partial charge in [0.25, 0.3) is 0 Å². The van der Waals surface area contributed by atoms with Crippen molar-refractivity contribution in [2.75, 3.05) is 65.7 Å². The predicted octanol–water partition coefficient (Wildman–Crippen LogP) is 5.99. The Hall–Kier alpha value is -0.360. The molecule has 9 heteroatoms. The Labute approximate surface area is 326 Å². The lowest BCUT2D eigenvalue weighted by atomic mass is 9.41. The van der Waals surface area contributed by atoms with Crippen LogP contribution in [-0.2, 0) is 23.7 Å². The van der Waals surface area contributed by atoms with E-state index in [0.29, 0.717) is 46.5 Å². The van der Waals surface area contributed by atoms with E-state index in [0.717, 1.165) is 58.2 Å². The molecule has 14 atom stereocenters. The largest absolute Gasteiger partial charge is 0.390 e. The van der Waals surface area contributed by atoms with Gasteiger partial charge in [-0.1, -0.05) is 41.5 Å². The first-order valence-corrected chi connectivity index (χ1v) is 22.4. The van der Waals surface area contributed by atoms with Crippen molar-refractivity contribution < 1.29 is 33.9 Å². The Morgan fingerprint density at radius 2 is 1.65 bits per heavy atom. The van der Waals surface area contributed by atoms with Gasteiger partial charge >= 0.3 is 0 Å². The molecule has 4 saturated heterocycles. The third-order valence-corrected chi connectivity index (χ3v) is 18.6. The van der Waals surface area contributed by atoms with Gasteiger partial charge < -0.3 is 38.8 Å². The van der Waals surface area contributed by atoms with E-state index in [-0.39, 0.29) is 40.8 Å². The zero-order chi connectivity index (χ0) is 38.3. The second-order valence-electron chi connectivity index (χ2n) is 22.6. The number of nitrogens with zero attached hydrogens (tertiary/aromatic N) is 2. The number of likely N-dealkylation sites (tertiary alicyclic amines) is 1. The number of rotatable bonds is 10. The Balaban J connectivity index is 0.865. The monoisotopic (exact) mass is 757 g/mol. The highest BCUT2D eigenvalue weighted by Gasteiger charge is 2.84. The fourth-order valence-corrected chi connectivity index (χ4v) is 16.2. The van der Waals surface area contributed by atoms with E-state index >= 15 is 0 Å². The molecule has 9 rings (SSSR count). The van der Waals surface area contributed by atoms with Crippen molar-refractivity contribution in [2.24, 2.45) is 62.1 Å². The summed E-state index contributed by atoms with van der Waals surface area (Å²) in [4.78, 5) is 5.23. The van der Waals surface area contributed by atoms with Crippen LogP contribution in [0.4, 0.5) is 0 Å². The summed E-state index contributed by atoms with van der Waals surface area (Å²) in [6.07, 6.45) is 8.11. The van der Waals surface area contributed by atoms with Crippen molar-refractivity contribution >= 4 is 0 Å². The van der Waals surface area contributed by atoms with Crippen molar-refractivity contribution in [3.63, 3.8) is 0 Å². The molecule has 0 aromatic carbocycles. The van der Waals surface area contributed by atoms with E-state index in [9.17, 15) is 10.2 Å². The Morgan fingerprint density at radius 3 is 2.33 bits per heavy atom. The number of ether oxygens (including phenoxy) is 5. The molecule has 9 fully saturated rings. The molecule has 0 bridgehead atoms. The van der Waals surface area contributed by atoms with Gasteiger partial charge in [0.2, 0.25) is 0 Å². The van der Waals surface area contributed by atoms with E-state index in [1.54, 1.807) is 0 Å². The molecule has 0 aromatic heterocycles. The van der Waals surface area contributed by atoms with E-state index in [2.05, 4.69) is 51.3 Å². The molecular formula is C45H76N2O7. The number of hydrogen-bond acceptors (Lipinski definition) is 9. The molecular weight excluding hydrogens is 681 g/mol. The molecule has 4 aliphatic heterocycles. The summed E-state index contributed by atoms with van der Waals surface area (Å²) < 4.78 is 32.1. The molecule has 2 N–H and O–H groups in total. The van der Waals surface area contributed by atoms with Crippen LogP contribution in [0.15, 0.2) is 0 Å². The van der Waals surface area contributed by atoms with Crippen LogP contribution in [0.5, 0.6) is 0 Å². The quantitative estimate of drug-likeness (QED) is 0.279. The minimum absolute atomic E-state index is 0.0192. The molecule has 5 saturated carbocycles. The van der Waals surface area contributed by atoms with Crippen LogP contribution in [0.1, 0.15) is 114 Å². The van der Waals surface area contributed by atoms with Gasteiger partial charge in [0.15, 0.2) is 6.29 Å². The van der Waals surface area contributed by atoms with Gasteiger partial charge in [-0.25, -0.2) is 0 Å². The molecule has 0 amide bonds. The first-order valence-electron chi connectivity index (χ1n) is 22.4. The summed E-state index contributed by atoms with van der Waals surface area (Å²) in [6.45, 7) is 30.2. The van der Waals surface area contributed by atoms with Crippen molar-refractivity contribution in [3.8, 4) is 0 Å². The minimum Gasteiger partial charge on any atom is -0.390 e. The van der Waals surface area contributed by atoms with Crippen molar-refractivity contribution in [3.05, 3.63) is 0 Å². The average Bonchev–Trinajstić information content (AvgIpc) is 3.71. The fourth-order valence-electron chi connectivity index (χ4n) is 16.2. The molecule has 3 unspecified atom stereocenters. The number of fused-ring (bicyclic) bond motifs is 4. The summed E-state index contributed by atoms with van der Waals surface area (Å²) in [5.41, 5.74) is -0.0929. The minimum atomic E-state index is -1.01. The first-order chi connectivity index (χ1) is 25.4. The normalized spacial score (nSPS) is 50.4. The van der Waals surface area contributed by atoms with Crippen molar-refractivity contribution in [1.82, 2.24) is 9.80 Å². The van der Waals surface area contributed by atoms with Gasteiger partial charge in [-0.2, -0.15) is 0 Å². The van der Waals surface area contributed by atoms with Gasteiger partial charge in [-0.05, 0) is 123 Å². The van der Waals surface area contributed by atoms with Crippen LogP contribution in [-0.4, -0.2) is 128 Å². The molecule has 9 aliphatic rings. The fraction of sp³-hybridized carbons (Fsp3) is 1.00. The molecule has 54 heavy (non-hydrogen) atoms. The lowest BCUT2D eigenvalue weighted by Gasteiger charge is -2.64. The SMILES string of the molecule is CCO[C@@H](C1C[C@@H](C)[C@H]2C(O1)[C@H](O)[C@@]1(C)C3CC[C@H]4C(C)(C)[C@@H](O[C@H]5CN(CC6CN(CC7(C)COC7)C6)CCO5)CC[C@@]45C[C@@]35CC[C@]21C)C(C)(C)O. The maximum absolute atomic E-state index is 12.7. The van der Waals surface area contributed by atoms with Crippen molar-refractivity contribution in [1.29, 1.82) is 0 Å². The second-order valence-corrected chi connectivity index (χ2v) is 22.6. The van der Waals surface area contributed by atoms with Gasteiger partial charge in [0.1, 0.15) is 6.10 Å². The van der Waals surface area contributed by atoms with Gasteiger partial charge in [0.05, 0.1) is 49.8 Å². The Morgan fingerprint density at radius 1 is 0.926 bits per heavy atom. The number of hydrogen-bond donors (Lipinski definition) is 2. The highest BCUT2D eigenvalue weighted by molar-refractivity contribution is 5.33. The molecule has 9 nitrogen and oxygen atoms in total. The molecule has 4 heterocycles. The van der Waals surface area contributed by atoms with Crippen LogP contribution in [0.2, 0.25) is 0 Å². The number of aliphatic hydroxyl groups excluding tert-OH is 1. The van der Waals surface area contributed by atoms with Crippen LogP contribution in [0.3, 0.4) is 0 Å². The molecule has 0 radical (unpaired) electrons. The van der Waals surface area contributed by atoms with E-state index in [1.165, 1.54) is 58.2 Å². The third-order valence-electron chi connectivity index (χ3n) is 18.6. The molecule has 308 valence electrons. The number of morpholine rings is 1.